The summed E-state index contributed by atoms with van der Waals surface area (Å²) in [5.74, 6) is 1.70. The van der Waals surface area contributed by atoms with Crippen LogP contribution in [-0.4, -0.2) is 25.1 Å². The number of rotatable bonds is 7. The van der Waals surface area contributed by atoms with Gasteiger partial charge in [-0.15, -0.1) is 0 Å². The van der Waals surface area contributed by atoms with E-state index >= 15 is 0 Å². The Bertz CT molecular complexity index is 1240. The molecule has 1 amide bonds. The Morgan fingerprint density at radius 1 is 1.03 bits per heavy atom. The van der Waals surface area contributed by atoms with Gasteiger partial charge in [-0.2, -0.15) is 0 Å². The molecule has 0 spiro atoms. The van der Waals surface area contributed by atoms with Gasteiger partial charge in [0.05, 0.1) is 14.2 Å². The molecule has 0 atom stereocenters. The van der Waals surface area contributed by atoms with Crippen LogP contribution in [0.15, 0.2) is 65.1 Å². The summed E-state index contributed by atoms with van der Waals surface area (Å²) in [5.41, 5.74) is 3.75. The van der Waals surface area contributed by atoms with Crippen molar-refractivity contribution >= 4 is 34.3 Å². The third-order valence-corrected chi connectivity index (χ3v) is 5.07. The summed E-state index contributed by atoms with van der Waals surface area (Å²) < 4.78 is 16.4. The van der Waals surface area contributed by atoms with Crippen LogP contribution in [0.1, 0.15) is 12.0 Å². The number of fused-ring (bicyclic) bond motifs is 1. The molecule has 7 heteroatoms. The Labute approximate surface area is 184 Å². The van der Waals surface area contributed by atoms with E-state index in [9.17, 15) is 4.79 Å². The van der Waals surface area contributed by atoms with E-state index in [0.29, 0.717) is 52.0 Å². The average molecular weight is 437 g/mol. The van der Waals surface area contributed by atoms with Crippen LogP contribution in [0.3, 0.4) is 0 Å². The van der Waals surface area contributed by atoms with Crippen LogP contribution in [0.4, 0.5) is 5.69 Å². The highest BCUT2D eigenvalue weighted by Crippen LogP contribution is 2.29. The molecular weight excluding hydrogens is 416 g/mol. The van der Waals surface area contributed by atoms with Gasteiger partial charge in [-0.05, 0) is 60.5 Å². The molecular formula is C24H21ClN2O4. The van der Waals surface area contributed by atoms with E-state index in [4.69, 9.17) is 25.5 Å². The molecule has 0 unspecified atom stereocenters. The maximum absolute atomic E-state index is 12.4. The second-order valence-corrected chi connectivity index (χ2v) is 7.39. The van der Waals surface area contributed by atoms with E-state index < -0.39 is 0 Å². The van der Waals surface area contributed by atoms with Gasteiger partial charge in [0.1, 0.15) is 5.52 Å². The molecule has 1 heterocycles. The number of oxazole rings is 1. The van der Waals surface area contributed by atoms with Crippen molar-refractivity contribution in [2.75, 3.05) is 19.5 Å². The Kier molecular flexibility index (Phi) is 6.09. The van der Waals surface area contributed by atoms with Gasteiger partial charge in [-0.3, -0.25) is 4.79 Å². The molecule has 1 N–H and O–H groups in total. The van der Waals surface area contributed by atoms with Gasteiger partial charge in [-0.25, -0.2) is 4.98 Å². The number of ether oxygens (including phenoxy) is 2. The fraction of sp³-hybridized carbons (Fsp3) is 0.167. The summed E-state index contributed by atoms with van der Waals surface area (Å²) in [6.07, 6.45) is 0.914. The third-order valence-electron chi connectivity index (χ3n) is 4.83. The van der Waals surface area contributed by atoms with E-state index in [-0.39, 0.29) is 5.91 Å². The van der Waals surface area contributed by atoms with Crippen molar-refractivity contribution in [2.24, 2.45) is 0 Å². The summed E-state index contributed by atoms with van der Waals surface area (Å²) in [4.78, 5) is 17.0. The average Bonchev–Trinajstić information content (AvgIpc) is 3.21. The lowest BCUT2D eigenvalue weighted by atomic mass is 10.1. The molecule has 0 radical (unpaired) electrons. The number of benzene rings is 3. The van der Waals surface area contributed by atoms with Crippen LogP contribution in [0.2, 0.25) is 5.02 Å². The molecule has 0 aliphatic heterocycles. The van der Waals surface area contributed by atoms with Crippen LogP contribution in [-0.2, 0) is 11.2 Å². The fourth-order valence-electron chi connectivity index (χ4n) is 3.27. The minimum absolute atomic E-state index is 0.0901. The second kappa shape index (κ2) is 9.10. The first-order valence-corrected chi connectivity index (χ1v) is 10.1. The summed E-state index contributed by atoms with van der Waals surface area (Å²) in [7, 11) is 3.18. The molecule has 31 heavy (non-hydrogen) atoms. The summed E-state index contributed by atoms with van der Waals surface area (Å²) in [6, 6.07) is 18.3. The first-order chi connectivity index (χ1) is 15.1. The number of nitrogens with zero attached hydrogens (tertiary/aromatic N) is 1. The van der Waals surface area contributed by atoms with E-state index in [1.807, 2.05) is 30.3 Å². The topological polar surface area (TPSA) is 73.6 Å². The Hall–Kier alpha value is -3.51. The zero-order chi connectivity index (χ0) is 21.8. The zero-order valence-corrected chi connectivity index (χ0v) is 17.9. The number of nitrogens with one attached hydrogen (secondary N) is 1. The van der Waals surface area contributed by atoms with Crippen LogP contribution in [0.5, 0.6) is 11.5 Å². The smallest absolute Gasteiger partial charge is 0.227 e. The lowest BCUT2D eigenvalue weighted by Crippen LogP contribution is -2.12. The van der Waals surface area contributed by atoms with Crippen LogP contribution < -0.4 is 14.8 Å². The first-order valence-electron chi connectivity index (χ1n) is 9.73. The van der Waals surface area contributed by atoms with Gasteiger partial charge in [0.15, 0.2) is 17.1 Å². The normalized spacial score (nSPS) is 10.8. The lowest BCUT2D eigenvalue weighted by Gasteiger charge is -2.09. The van der Waals surface area contributed by atoms with Crippen molar-refractivity contribution in [1.82, 2.24) is 4.98 Å². The minimum Gasteiger partial charge on any atom is -0.493 e. The highest BCUT2D eigenvalue weighted by molar-refractivity contribution is 6.30. The molecule has 0 bridgehead atoms. The van der Waals surface area contributed by atoms with Gasteiger partial charge in [0.25, 0.3) is 0 Å². The summed E-state index contributed by atoms with van der Waals surface area (Å²) >= 11 is 6.05. The van der Waals surface area contributed by atoms with Crippen molar-refractivity contribution in [3.8, 4) is 23.0 Å². The Morgan fingerprint density at radius 3 is 2.65 bits per heavy atom. The maximum atomic E-state index is 12.4. The molecule has 6 nitrogen and oxygen atoms in total. The van der Waals surface area contributed by atoms with Gasteiger partial charge in [0, 0.05) is 22.7 Å². The third kappa shape index (κ3) is 4.81. The van der Waals surface area contributed by atoms with Crippen molar-refractivity contribution in [3.05, 3.63) is 71.2 Å². The standard InChI is InChI=1S/C24H21ClN2O4/c1-29-21-9-6-15(12-22(21)30-2)7-11-23(28)26-18-8-10-20-19(14-18)27-24(31-20)16-4-3-5-17(25)13-16/h3-6,8-10,12-14H,7,11H2,1-2H3,(H,26,28). The predicted molar refractivity (Wildman–Crippen MR) is 121 cm³/mol. The Morgan fingerprint density at radius 2 is 1.87 bits per heavy atom. The number of methoxy groups -OCH3 is 2. The molecule has 0 saturated heterocycles. The van der Waals surface area contributed by atoms with Gasteiger partial charge < -0.3 is 19.2 Å². The largest absolute Gasteiger partial charge is 0.493 e. The van der Waals surface area contributed by atoms with Gasteiger partial charge in [-0.1, -0.05) is 23.7 Å². The predicted octanol–water partition coefficient (Wildman–Crippen LogP) is 5.74. The molecule has 1 aromatic heterocycles. The minimum atomic E-state index is -0.0901. The number of aromatic nitrogens is 1. The highest BCUT2D eigenvalue weighted by Gasteiger charge is 2.11. The number of carbonyl (C=O) groups is 1. The van der Waals surface area contributed by atoms with Crippen molar-refractivity contribution in [3.63, 3.8) is 0 Å². The molecule has 0 aliphatic rings. The monoisotopic (exact) mass is 436 g/mol. The summed E-state index contributed by atoms with van der Waals surface area (Å²) in [6.45, 7) is 0. The lowest BCUT2D eigenvalue weighted by molar-refractivity contribution is -0.116. The number of anilines is 1. The SMILES string of the molecule is COc1ccc(CCC(=O)Nc2ccc3oc(-c4cccc(Cl)c4)nc3c2)cc1OC. The van der Waals surface area contributed by atoms with Crippen LogP contribution in [0, 0.1) is 0 Å². The molecule has 0 aliphatic carbocycles. The van der Waals surface area contributed by atoms with E-state index in [1.54, 1.807) is 44.6 Å². The number of hydrogen-bond acceptors (Lipinski definition) is 5. The highest BCUT2D eigenvalue weighted by atomic mass is 35.5. The number of halogens is 1. The number of aryl methyl sites for hydroxylation is 1. The number of carbonyl (C=O) groups excluding carboxylic acids is 1. The van der Waals surface area contributed by atoms with Crippen LogP contribution in [0.25, 0.3) is 22.6 Å². The van der Waals surface area contributed by atoms with Crippen molar-refractivity contribution < 1.29 is 18.7 Å². The van der Waals surface area contributed by atoms with Crippen LogP contribution >= 0.6 is 11.6 Å². The number of amides is 1. The fourth-order valence-corrected chi connectivity index (χ4v) is 3.46. The van der Waals surface area contributed by atoms with E-state index in [1.165, 1.54) is 0 Å². The molecule has 4 aromatic rings. The quantitative estimate of drug-likeness (QED) is 0.400. The van der Waals surface area contributed by atoms with E-state index in [2.05, 4.69) is 10.3 Å². The van der Waals surface area contributed by atoms with Gasteiger partial charge in [0.2, 0.25) is 11.8 Å². The molecule has 0 fully saturated rings. The zero-order valence-electron chi connectivity index (χ0n) is 17.1. The molecule has 158 valence electrons. The first kappa shape index (κ1) is 20.8. The second-order valence-electron chi connectivity index (χ2n) is 6.95. The van der Waals surface area contributed by atoms with E-state index in [0.717, 1.165) is 11.1 Å². The molecule has 0 saturated carbocycles. The number of hydrogen-bond donors (Lipinski definition) is 1. The van der Waals surface area contributed by atoms with Gasteiger partial charge >= 0.3 is 0 Å². The molecule has 3 aromatic carbocycles. The molecule has 4 rings (SSSR count). The summed E-state index contributed by atoms with van der Waals surface area (Å²) in [5, 5.41) is 3.53. The Balaban J connectivity index is 1.43. The van der Waals surface area contributed by atoms with Crippen molar-refractivity contribution in [2.45, 2.75) is 12.8 Å². The van der Waals surface area contributed by atoms with Crippen molar-refractivity contribution in [1.29, 1.82) is 0 Å². The maximum Gasteiger partial charge on any atom is 0.227 e.